The minimum atomic E-state index is -0.504. The highest BCUT2D eigenvalue weighted by molar-refractivity contribution is 6.08. The molecule has 4 nitrogen and oxygen atoms in total. The average Bonchev–Trinajstić information content (AvgIpc) is 2.54. The van der Waals surface area contributed by atoms with Gasteiger partial charge in [-0.3, -0.25) is 9.59 Å². The van der Waals surface area contributed by atoms with E-state index in [2.05, 4.69) is 5.32 Å². The summed E-state index contributed by atoms with van der Waals surface area (Å²) in [6.45, 7) is 0. The molecule has 2 aromatic rings. The smallest absolute Gasteiger partial charge is 0.250 e. The molecule has 0 unspecified atom stereocenters. The number of carbonyl (C=O) groups is 2. The lowest BCUT2D eigenvalue weighted by molar-refractivity contribution is 0.0986. The number of primary amides is 1. The molecule has 2 aromatic carbocycles. The van der Waals surface area contributed by atoms with Crippen LogP contribution in [0.5, 0.6) is 0 Å². The molecular weight excluding hydrogens is 240 g/mol. The number of ketones is 1. The summed E-state index contributed by atoms with van der Waals surface area (Å²) in [4.78, 5) is 23.7. The van der Waals surface area contributed by atoms with Gasteiger partial charge < -0.3 is 11.1 Å². The van der Waals surface area contributed by atoms with Crippen LogP contribution < -0.4 is 11.1 Å². The number of para-hydroxylation sites is 2. The third-order valence-corrected chi connectivity index (χ3v) is 3.25. The van der Waals surface area contributed by atoms with Crippen molar-refractivity contribution in [2.45, 2.75) is 6.42 Å². The molecule has 0 aromatic heterocycles. The quantitative estimate of drug-likeness (QED) is 0.817. The monoisotopic (exact) mass is 252 g/mol. The minimum Gasteiger partial charge on any atom is -0.366 e. The van der Waals surface area contributed by atoms with Crippen LogP contribution in [-0.2, 0) is 6.42 Å². The minimum absolute atomic E-state index is 0.0310. The van der Waals surface area contributed by atoms with Crippen molar-refractivity contribution in [3.63, 3.8) is 0 Å². The molecule has 1 aliphatic heterocycles. The fourth-order valence-corrected chi connectivity index (χ4v) is 2.34. The lowest BCUT2D eigenvalue weighted by Crippen LogP contribution is -2.14. The van der Waals surface area contributed by atoms with Crippen LogP contribution in [0.4, 0.5) is 11.4 Å². The van der Waals surface area contributed by atoms with Gasteiger partial charge in [-0.1, -0.05) is 24.3 Å². The molecule has 3 rings (SSSR count). The molecule has 0 saturated heterocycles. The molecule has 0 saturated carbocycles. The van der Waals surface area contributed by atoms with Gasteiger partial charge in [-0.05, 0) is 23.8 Å². The van der Waals surface area contributed by atoms with Gasteiger partial charge in [0.05, 0.1) is 11.3 Å². The van der Waals surface area contributed by atoms with Gasteiger partial charge in [-0.2, -0.15) is 0 Å². The number of benzene rings is 2. The van der Waals surface area contributed by atoms with E-state index in [1.54, 1.807) is 18.2 Å². The van der Waals surface area contributed by atoms with Crippen molar-refractivity contribution in [2.75, 3.05) is 5.32 Å². The number of fused-ring (bicyclic) bond motifs is 2. The molecule has 4 heteroatoms. The highest BCUT2D eigenvalue weighted by atomic mass is 16.1. The Bertz CT molecular complexity index is 692. The fourth-order valence-electron chi connectivity index (χ4n) is 2.34. The summed E-state index contributed by atoms with van der Waals surface area (Å²) in [5.41, 5.74) is 8.55. The fraction of sp³-hybridized carbons (Fsp3) is 0.0667. The van der Waals surface area contributed by atoms with Crippen LogP contribution in [0.3, 0.4) is 0 Å². The van der Waals surface area contributed by atoms with Gasteiger partial charge in [0.2, 0.25) is 0 Å². The number of Topliss-reactive ketones (excluding diaryl/α,β-unsaturated/α-hetero) is 1. The van der Waals surface area contributed by atoms with Crippen molar-refractivity contribution in [3.05, 3.63) is 59.2 Å². The number of carbonyl (C=O) groups excluding carboxylic acids is 2. The van der Waals surface area contributed by atoms with E-state index in [1.807, 2.05) is 24.3 Å². The first kappa shape index (κ1) is 11.5. The van der Waals surface area contributed by atoms with E-state index >= 15 is 0 Å². The lowest BCUT2D eigenvalue weighted by atomic mass is 10.0. The summed E-state index contributed by atoms with van der Waals surface area (Å²) >= 11 is 0. The molecule has 0 atom stereocenters. The van der Waals surface area contributed by atoms with Crippen LogP contribution in [0.2, 0.25) is 0 Å². The molecule has 94 valence electrons. The van der Waals surface area contributed by atoms with Crippen LogP contribution in [-0.4, -0.2) is 11.7 Å². The molecule has 1 amide bonds. The summed E-state index contributed by atoms with van der Waals surface area (Å²) in [5, 5.41) is 3.16. The predicted octanol–water partition coefficient (Wildman–Crippen LogP) is 2.27. The molecule has 3 N–H and O–H groups in total. The topological polar surface area (TPSA) is 72.2 Å². The van der Waals surface area contributed by atoms with E-state index in [9.17, 15) is 9.59 Å². The van der Waals surface area contributed by atoms with Gasteiger partial charge in [-0.25, -0.2) is 0 Å². The molecule has 1 aliphatic rings. The van der Waals surface area contributed by atoms with E-state index in [-0.39, 0.29) is 12.2 Å². The van der Waals surface area contributed by atoms with E-state index < -0.39 is 5.91 Å². The molecule has 0 bridgehead atoms. The van der Waals surface area contributed by atoms with Gasteiger partial charge in [0.15, 0.2) is 5.78 Å². The van der Waals surface area contributed by atoms with Gasteiger partial charge in [-0.15, -0.1) is 0 Å². The summed E-state index contributed by atoms with van der Waals surface area (Å²) in [5.74, 6) is -0.473. The number of nitrogens with two attached hydrogens (primary N) is 1. The van der Waals surface area contributed by atoms with Crippen molar-refractivity contribution in [1.29, 1.82) is 0 Å². The van der Waals surface area contributed by atoms with E-state index in [4.69, 9.17) is 5.73 Å². The summed E-state index contributed by atoms with van der Waals surface area (Å²) in [6, 6.07) is 12.5. The predicted molar refractivity (Wildman–Crippen MR) is 72.7 cm³/mol. The Morgan fingerprint density at radius 3 is 2.68 bits per heavy atom. The van der Waals surface area contributed by atoms with E-state index in [0.717, 1.165) is 5.56 Å². The number of anilines is 2. The van der Waals surface area contributed by atoms with Crippen LogP contribution in [0.15, 0.2) is 42.5 Å². The molecule has 1 heterocycles. The van der Waals surface area contributed by atoms with Crippen molar-refractivity contribution in [3.8, 4) is 0 Å². The maximum absolute atomic E-state index is 12.2. The Labute approximate surface area is 110 Å². The SMILES string of the molecule is NC(=O)c1cccc2c1Nc1ccccc1C(=O)C2. The van der Waals surface area contributed by atoms with Crippen molar-refractivity contribution in [1.82, 2.24) is 0 Å². The highest BCUT2D eigenvalue weighted by Crippen LogP contribution is 2.32. The average molecular weight is 252 g/mol. The zero-order valence-electron chi connectivity index (χ0n) is 10.1. The van der Waals surface area contributed by atoms with Crippen molar-refractivity contribution >= 4 is 23.1 Å². The Hall–Kier alpha value is -2.62. The standard InChI is InChI=1S/C15H12N2O2/c16-15(19)11-6-3-4-9-8-13(18)10-5-1-2-7-12(10)17-14(9)11/h1-7,17H,8H2,(H2,16,19). The summed E-state index contributed by atoms with van der Waals surface area (Å²) < 4.78 is 0. The lowest BCUT2D eigenvalue weighted by Gasteiger charge is -2.12. The number of hydrogen-bond donors (Lipinski definition) is 2. The second-order valence-corrected chi connectivity index (χ2v) is 4.47. The zero-order valence-corrected chi connectivity index (χ0v) is 10.1. The first-order valence-corrected chi connectivity index (χ1v) is 5.98. The first-order valence-electron chi connectivity index (χ1n) is 5.98. The normalized spacial score (nSPS) is 12.9. The van der Waals surface area contributed by atoms with Crippen LogP contribution >= 0.6 is 0 Å². The molecule has 0 radical (unpaired) electrons. The van der Waals surface area contributed by atoms with Gasteiger partial charge >= 0.3 is 0 Å². The molecular formula is C15H12N2O2. The maximum Gasteiger partial charge on any atom is 0.250 e. The van der Waals surface area contributed by atoms with E-state index in [1.165, 1.54) is 0 Å². The van der Waals surface area contributed by atoms with Gasteiger partial charge in [0, 0.05) is 17.7 Å². The Morgan fingerprint density at radius 2 is 1.89 bits per heavy atom. The maximum atomic E-state index is 12.2. The molecule has 19 heavy (non-hydrogen) atoms. The summed E-state index contributed by atoms with van der Waals surface area (Å²) in [7, 11) is 0. The van der Waals surface area contributed by atoms with Crippen LogP contribution in [0.25, 0.3) is 0 Å². The third-order valence-electron chi connectivity index (χ3n) is 3.25. The molecule has 0 fully saturated rings. The van der Waals surface area contributed by atoms with Crippen LogP contribution in [0.1, 0.15) is 26.3 Å². The Morgan fingerprint density at radius 1 is 1.11 bits per heavy atom. The second kappa shape index (κ2) is 4.24. The number of amides is 1. The largest absolute Gasteiger partial charge is 0.366 e. The Balaban J connectivity index is 2.22. The second-order valence-electron chi connectivity index (χ2n) is 4.47. The van der Waals surface area contributed by atoms with E-state index in [0.29, 0.717) is 22.5 Å². The molecule has 0 aliphatic carbocycles. The highest BCUT2D eigenvalue weighted by Gasteiger charge is 2.22. The number of hydrogen-bond acceptors (Lipinski definition) is 3. The zero-order chi connectivity index (χ0) is 13.4. The Kier molecular flexibility index (Phi) is 2.56. The van der Waals surface area contributed by atoms with Gasteiger partial charge in [0.1, 0.15) is 0 Å². The van der Waals surface area contributed by atoms with Crippen molar-refractivity contribution < 1.29 is 9.59 Å². The van der Waals surface area contributed by atoms with Gasteiger partial charge in [0.25, 0.3) is 5.91 Å². The number of rotatable bonds is 1. The first-order chi connectivity index (χ1) is 9.16. The van der Waals surface area contributed by atoms with Crippen LogP contribution in [0, 0.1) is 0 Å². The number of nitrogens with one attached hydrogen (secondary N) is 1. The third kappa shape index (κ3) is 1.87. The van der Waals surface area contributed by atoms with Crippen molar-refractivity contribution in [2.24, 2.45) is 5.73 Å². The molecule has 0 spiro atoms. The summed E-state index contributed by atoms with van der Waals surface area (Å²) in [6.07, 6.45) is 0.264.